The minimum Gasteiger partial charge on any atom is -0.297 e. The summed E-state index contributed by atoms with van der Waals surface area (Å²) in [6, 6.07) is 11.8. The molecule has 0 saturated heterocycles. The van der Waals surface area contributed by atoms with E-state index in [-0.39, 0.29) is 34.9 Å². The molecule has 2 N–H and O–H groups in total. The third-order valence-electron chi connectivity index (χ3n) is 6.66. The second kappa shape index (κ2) is 9.37. The number of nitrogens with zero attached hydrogens (tertiary/aromatic N) is 3. The van der Waals surface area contributed by atoms with Gasteiger partial charge < -0.3 is 0 Å². The van der Waals surface area contributed by atoms with Gasteiger partial charge in [0.1, 0.15) is 11.5 Å². The lowest BCUT2D eigenvalue weighted by atomic mass is 10.0. The number of halogens is 1. The minimum absolute atomic E-state index is 0.0290. The molecule has 0 amide bonds. The van der Waals surface area contributed by atoms with Gasteiger partial charge in [0.25, 0.3) is 21.3 Å². The number of benzene rings is 2. The van der Waals surface area contributed by atoms with E-state index in [2.05, 4.69) is 9.44 Å². The lowest BCUT2D eigenvalue weighted by molar-refractivity contribution is 0.593. The Bertz CT molecular complexity index is 1890. The molecule has 0 spiro atoms. The van der Waals surface area contributed by atoms with E-state index in [1.165, 1.54) is 52.1 Å². The molecule has 5 rings (SSSR count). The summed E-state index contributed by atoms with van der Waals surface area (Å²) < 4.78 is 47.0. The van der Waals surface area contributed by atoms with Crippen LogP contribution in [0.1, 0.15) is 35.6 Å². The van der Waals surface area contributed by atoms with E-state index < -0.39 is 32.8 Å². The quantitative estimate of drug-likeness (QED) is 0.372. The van der Waals surface area contributed by atoms with Crippen molar-refractivity contribution in [2.24, 2.45) is 7.05 Å². The van der Waals surface area contributed by atoms with Crippen molar-refractivity contribution in [1.29, 1.82) is 0 Å². The first kappa shape index (κ1) is 25.6. The lowest BCUT2D eigenvalue weighted by Gasteiger charge is -2.19. The predicted molar refractivity (Wildman–Crippen MR) is 143 cm³/mol. The van der Waals surface area contributed by atoms with Crippen LogP contribution in [0.25, 0.3) is 16.7 Å². The summed E-state index contributed by atoms with van der Waals surface area (Å²) in [7, 11) is -1.14. The molecular formula is C26H26FN5O5S. The first-order chi connectivity index (χ1) is 18.0. The Morgan fingerprint density at radius 1 is 1.03 bits per heavy atom. The Kier molecular flexibility index (Phi) is 6.32. The first-order valence-electron chi connectivity index (χ1n) is 12.0. The Morgan fingerprint density at radius 2 is 1.76 bits per heavy atom. The summed E-state index contributed by atoms with van der Waals surface area (Å²) in [4.78, 5) is 40.6. The van der Waals surface area contributed by atoms with E-state index in [1.807, 2.05) is 0 Å². The zero-order chi connectivity index (χ0) is 27.4. The summed E-state index contributed by atoms with van der Waals surface area (Å²) in [5.74, 6) is -0.459. The minimum atomic E-state index is -3.84. The molecule has 0 atom stereocenters. The Balaban J connectivity index is 1.84. The molecule has 0 radical (unpaired) electrons. The Labute approximate surface area is 217 Å². The number of fused-ring (bicyclic) bond motifs is 1. The zero-order valence-corrected chi connectivity index (χ0v) is 21.8. The average Bonchev–Trinajstić information content (AvgIpc) is 3.69. The molecule has 1 aliphatic rings. The molecule has 4 aromatic rings. The number of aromatic nitrogens is 3. The van der Waals surface area contributed by atoms with Crippen LogP contribution < -0.4 is 26.3 Å². The maximum Gasteiger partial charge on any atom is 0.337 e. The van der Waals surface area contributed by atoms with Crippen LogP contribution in [-0.4, -0.2) is 29.2 Å². The fourth-order valence-electron chi connectivity index (χ4n) is 4.58. The van der Waals surface area contributed by atoms with Crippen LogP contribution in [0, 0.1) is 12.7 Å². The number of anilines is 1. The van der Waals surface area contributed by atoms with Gasteiger partial charge in [0.2, 0.25) is 0 Å². The summed E-state index contributed by atoms with van der Waals surface area (Å²) >= 11 is 0. The molecule has 0 unspecified atom stereocenters. The molecule has 0 bridgehead atoms. The van der Waals surface area contributed by atoms with Crippen LogP contribution in [0.5, 0.6) is 0 Å². The lowest BCUT2D eigenvalue weighted by Crippen LogP contribution is -2.41. The highest BCUT2D eigenvalue weighted by molar-refractivity contribution is 7.90. The van der Waals surface area contributed by atoms with Gasteiger partial charge >= 0.3 is 5.69 Å². The third-order valence-corrected chi connectivity index (χ3v) is 7.70. The number of rotatable bonds is 7. The van der Waals surface area contributed by atoms with E-state index >= 15 is 0 Å². The molecular weight excluding hydrogens is 513 g/mol. The summed E-state index contributed by atoms with van der Waals surface area (Å²) in [5, 5.41) is 0.125. The van der Waals surface area contributed by atoms with Crippen molar-refractivity contribution in [2.45, 2.75) is 32.2 Å². The zero-order valence-electron chi connectivity index (χ0n) is 21.0. The van der Waals surface area contributed by atoms with Gasteiger partial charge in [-0.1, -0.05) is 18.2 Å². The standard InChI is InChI=1S/C26H26FN5O5S/c1-15-7-8-16(21(27)11-15)12-17-13-22(33)30(3)24-23(17)25(34)32(19-9-10-19)26(35)31(24)20-6-4-5-18(14-20)29-38(36,37)28-2/h4-8,11,13-14,19,28-29H,9-10,12H2,1-3H3. The highest BCUT2D eigenvalue weighted by Gasteiger charge is 2.31. The van der Waals surface area contributed by atoms with Crippen molar-refractivity contribution in [2.75, 3.05) is 11.8 Å². The number of pyridine rings is 1. The highest BCUT2D eigenvalue weighted by atomic mass is 32.2. The van der Waals surface area contributed by atoms with Crippen molar-refractivity contribution in [3.8, 4) is 5.69 Å². The van der Waals surface area contributed by atoms with Crippen LogP contribution in [0.15, 0.2) is 62.9 Å². The number of aryl methyl sites for hydroxylation is 2. The normalized spacial score (nSPS) is 13.7. The van der Waals surface area contributed by atoms with Gasteiger partial charge in [-0.2, -0.15) is 8.42 Å². The molecule has 2 aromatic carbocycles. The third kappa shape index (κ3) is 4.56. The molecule has 1 aliphatic carbocycles. The van der Waals surface area contributed by atoms with Gasteiger partial charge in [0, 0.05) is 32.6 Å². The van der Waals surface area contributed by atoms with E-state index in [0.29, 0.717) is 24.0 Å². The molecule has 38 heavy (non-hydrogen) atoms. The van der Waals surface area contributed by atoms with Gasteiger partial charge in [-0.25, -0.2) is 18.5 Å². The second-order valence-electron chi connectivity index (χ2n) is 9.42. The fourth-order valence-corrected chi connectivity index (χ4v) is 5.12. The average molecular weight is 540 g/mol. The molecule has 0 aliphatic heterocycles. The first-order valence-corrected chi connectivity index (χ1v) is 13.5. The number of nitrogens with one attached hydrogen (secondary N) is 2. The van der Waals surface area contributed by atoms with E-state index in [0.717, 1.165) is 5.56 Å². The van der Waals surface area contributed by atoms with Crippen LogP contribution in [0.4, 0.5) is 10.1 Å². The van der Waals surface area contributed by atoms with Crippen molar-refractivity contribution < 1.29 is 12.8 Å². The molecule has 1 saturated carbocycles. The topological polar surface area (TPSA) is 124 Å². The summed E-state index contributed by atoms with van der Waals surface area (Å²) in [6.45, 7) is 1.76. The van der Waals surface area contributed by atoms with Crippen LogP contribution in [0.3, 0.4) is 0 Å². The largest absolute Gasteiger partial charge is 0.337 e. The van der Waals surface area contributed by atoms with Gasteiger partial charge in [-0.05, 0) is 60.7 Å². The highest BCUT2D eigenvalue weighted by Crippen LogP contribution is 2.33. The van der Waals surface area contributed by atoms with E-state index in [9.17, 15) is 27.2 Å². The fraction of sp³-hybridized carbons (Fsp3) is 0.269. The Morgan fingerprint density at radius 3 is 2.42 bits per heavy atom. The number of hydrogen-bond acceptors (Lipinski definition) is 5. The molecule has 1 fully saturated rings. The van der Waals surface area contributed by atoms with E-state index in [4.69, 9.17) is 0 Å². The maximum atomic E-state index is 14.8. The molecule has 12 heteroatoms. The second-order valence-corrected chi connectivity index (χ2v) is 11.0. The van der Waals surface area contributed by atoms with Crippen LogP contribution >= 0.6 is 0 Å². The summed E-state index contributed by atoms with van der Waals surface area (Å²) in [5.41, 5.74) is 0.127. The van der Waals surface area contributed by atoms with Crippen LogP contribution in [-0.2, 0) is 23.7 Å². The SMILES string of the molecule is CNS(=O)(=O)Nc1cccc(-n2c(=O)n(C3CC3)c(=O)c3c(Cc4ccc(C)cc4F)cc(=O)n(C)c32)c1. The van der Waals surface area contributed by atoms with E-state index in [1.54, 1.807) is 31.2 Å². The smallest absolute Gasteiger partial charge is 0.297 e. The number of hydrogen-bond donors (Lipinski definition) is 2. The molecule has 10 nitrogen and oxygen atoms in total. The van der Waals surface area contributed by atoms with Crippen molar-refractivity contribution in [3.63, 3.8) is 0 Å². The maximum absolute atomic E-state index is 14.8. The summed E-state index contributed by atoms with van der Waals surface area (Å²) in [6.07, 6.45) is 1.27. The van der Waals surface area contributed by atoms with Gasteiger partial charge in [-0.15, -0.1) is 0 Å². The van der Waals surface area contributed by atoms with Crippen molar-refractivity contribution in [1.82, 2.24) is 18.4 Å². The van der Waals surface area contributed by atoms with Crippen molar-refractivity contribution in [3.05, 3.63) is 102 Å². The van der Waals surface area contributed by atoms with Crippen LogP contribution in [0.2, 0.25) is 0 Å². The van der Waals surface area contributed by atoms with Gasteiger partial charge in [-0.3, -0.25) is 23.4 Å². The molecule has 2 aromatic heterocycles. The Hall–Kier alpha value is -4.03. The van der Waals surface area contributed by atoms with Gasteiger partial charge in [0.05, 0.1) is 16.8 Å². The predicted octanol–water partition coefficient (Wildman–Crippen LogP) is 2.10. The van der Waals surface area contributed by atoms with Gasteiger partial charge in [0.15, 0.2) is 0 Å². The molecule has 2 heterocycles. The van der Waals surface area contributed by atoms with Crippen molar-refractivity contribution >= 4 is 26.9 Å². The molecule has 198 valence electrons. The monoisotopic (exact) mass is 539 g/mol.